The molecule has 0 radical (unpaired) electrons. The zero-order valence-electron chi connectivity index (χ0n) is 23.3. The van der Waals surface area contributed by atoms with E-state index in [1.807, 2.05) is 0 Å². The maximum absolute atomic E-state index is 14.4. The fourth-order valence-corrected chi connectivity index (χ4v) is 7.15. The molecule has 1 fully saturated rings. The van der Waals surface area contributed by atoms with Crippen LogP contribution in [0.3, 0.4) is 0 Å². The van der Waals surface area contributed by atoms with E-state index in [1.165, 1.54) is 53.9 Å². The van der Waals surface area contributed by atoms with Crippen molar-refractivity contribution in [2.45, 2.75) is 23.5 Å². The summed E-state index contributed by atoms with van der Waals surface area (Å²) in [6.07, 6.45) is -3.29. The van der Waals surface area contributed by atoms with Crippen molar-refractivity contribution in [3.63, 3.8) is 0 Å². The average molecular weight is 674 g/mol. The number of likely N-dealkylation sites (tertiary alicyclic amines) is 1. The second-order valence-electron chi connectivity index (χ2n) is 10.3. The topological polar surface area (TPSA) is 180 Å². The number of amides is 1. The third kappa shape index (κ3) is 5.83. The van der Waals surface area contributed by atoms with Crippen LogP contribution in [0.1, 0.15) is 12.0 Å². The smallest absolute Gasteiger partial charge is 0.419 e. The van der Waals surface area contributed by atoms with E-state index in [-0.39, 0.29) is 47.0 Å². The predicted octanol–water partition coefficient (Wildman–Crippen LogP) is 4.74. The van der Waals surface area contributed by atoms with Crippen molar-refractivity contribution in [2.24, 2.45) is 5.92 Å². The van der Waals surface area contributed by atoms with Crippen molar-refractivity contribution in [2.75, 3.05) is 18.4 Å². The van der Waals surface area contributed by atoms with E-state index in [4.69, 9.17) is 0 Å². The molecule has 0 spiro atoms. The lowest BCUT2D eigenvalue weighted by atomic mass is 9.94. The second kappa shape index (κ2) is 11.7. The van der Waals surface area contributed by atoms with Crippen molar-refractivity contribution in [1.82, 2.24) is 28.8 Å². The Morgan fingerprint density at radius 1 is 1.02 bits per heavy atom. The summed E-state index contributed by atoms with van der Waals surface area (Å²) < 4.78 is 71.6. The van der Waals surface area contributed by atoms with Crippen LogP contribution < -0.4 is 5.32 Å². The monoisotopic (exact) mass is 673 g/mol. The number of anilines is 1. The van der Waals surface area contributed by atoms with Crippen LogP contribution in [0.25, 0.3) is 33.0 Å². The van der Waals surface area contributed by atoms with Gasteiger partial charge in [0.25, 0.3) is 10.0 Å². The SMILES string of the molecule is O=C(O)[C@@H]1C[C@H](Nc2ncc(C(F)(F)F)c(-c3cn(S(=O)(=O)c4ccccc4)c4nc(-c5nccs5)ccc34)n2)CN(C(=O)O)C1. The van der Waals surface area contributed by atoms with E-state index in [0.717, 1.165) is 15.1 Å². The summed E-state index contributed by atoms with van der Waals surface area (Å²) in [5.74, 6) is -2.65. The molecule has 3 N–H and O–H groups in total. The van der Waals surface area contributed by atoms with Gasteiger partial charge in [-0.15, -0.1) is 11.3 Å². The molecule has 1 saturated heterocycles. The highest BCUT2D eigenvalue weighted by molar-refractivity contribution is 7.90. The van der Waals surface area contributed by atoms with Crippen LogP contribution in [0.5, 0.6) is 0 Å². The van der Waals surface area contributed by atoms with E-state index in [9.17, 15) is 41.4 Å². The number of aliphatic carboxylic acids is 1. The van der Waals surface area contributed by atoms with Gasteiger partial charge in [0.05, 0.1) is 16.5 Å². The predicted molar refractivity (Wildman–Crippen MR) is 159 cm³/mol. The van der Waals surface area contributed by atoms with Gasteiger partial charge in [-0.2, -0.15) is 13.2 Å². The van der Waals surface area contributed by atoms with Gasteiger partial charge in [-0.3, -0.25) is 4.79 Å². The van der Waals surface area contributed by atoms with Crippen molar-refractivity contribution in [1.29, 1.82) is 0 Å². The van der Waals surface area contributed by atoms with Crippen molar-refractivity contribution < 1.29 is 41.4 Å². The Labute approximate surface area is 262 Å². The highest BCUT2D eigenvalue weighted by atomic mass is 32.2. The number of rotatable bonds is 7. The number of hydrogen-bond acceptors (Lipinski definition) is 10. The molecule has 1 aliphatic rings. The number of nitrogens with one attached hydrogen (secondary N) is 1. The van der Waals surface area contributed by atoms with Crippen LogP contribution in [0.15, 0.2) is 71.3 Å². The fourth-order valence-electron chi connectivity index (χ4n) is 5.21. The first-order valence-electron chi connectivity index (χ1n) is 13.5. The fraction of sp³-hybridized carbons (Fsp3) is 0.214. The van der Waals surface area contributed by atoms with Gasteiger partial charge >= 0.3 is 18.2 Å². The van der Waals surface area contributed by atoms with Gasteiger partial charge in [-0.05, 0) is 30.7 Å². The van der Waals surface area contributed by atoms with E-state index in [0.29, 0.717) is 16.9 Å². The Hall–Kier alpha value is -5.10. The molecular formula is C28H22F3N7O6S2. The summed E-state index contributed by atoms with van der Waals surface area (Å²) in [5, 5.41) is 23.9. The number of benzene rings is 1. The molecule has 0 bridgehead atoms. The number of pyridine rings is 1. The molecule has 5 heterocycles. The molecule has 1 amide bonds. The Bertz CT molecular complexity index is 2030. The number of carbonyl (C=O) groups is 2. The highest BCUT2D eigenvalue weighted by Crippen LogP contribution is 2.40. The zero-order valence-corrected chi connectivity index (χ0v) is 24.9. The maximum atomic E-state index is 14.4. The lowest BCUT2D eigenvalue weighted by Crippen LogP contribution is -2.50. The molecule has 1 aliphatic heterocycles. The average Bonchev–Trinajstić information content (AvgIpc) is 3.69. The van der Waals surface area contributed by atoms with Crippen molar-refractivity contribution in [3.05, 3.63) is 72.0 Å². The van der Waals surface area contributed by atoms with E-state index >= 15 is 0 Å². The van der Waals surface area contributed by atoms with Crippen molar-refractivity contribution >= 4 is 50.4 Å². The molecule has 0 saturated carbocycles. The number of fused-ring (bicyclic) bond motifs is 1. The van der Waals surface area contributed by atoms with E-state index in [1.54, 1.807) is 11.4 Å². The Morgan fingerprint density at radius 2 is 1.78 bits per heavy atom. The second-order valence-corrected chi connectivity index (χ2v) is 13.0. The Morgan fingerprint density at radius 3 is 2.43 bits per heavy atom. The molecule has 6 rings (SSSR count). The largest absolute Gasteiger partial charge is 0.481 e. The lowest BCUT2D eigenvalue weighted by Gasteiger charge is -2.34. The summed E-state index contributed by atoms with van der Waals surface area (Å²) in [7, 11) is -4.37. The standard InChI is InChI=1S/C28H22F3N7O6S2/c29-28(30,31)20-11-33-26(34-16-10-15(25(39)40)12-37(13-16)27(41)42)36-22(20)19-14-38(46(43,44)17-4-2-1-3-5-17)23-18(19)6-7-21(35-23)24-32-8-9-45-24/h1-9,11,14-16H,10,12-13H2,(H,39,40)(H,41,42)(H,33,34,36)/t15-,16+/m1/s1. The number of thiazole rings is 1. The molecule has 0 unspecified atom stereocenters. The quantitative estimate of drug-likeness (QED) is 0.217. The number of carboxylic acids is 1. The van der Waals surface area contributed by atoms with Gasteiger partial charge in [0, 0.05) is 54.1 Å². The maximum Gasteiger partial charge on any atom is 0.419 e. The van der Waals surface area contributed by atoms with Gasteiger partial charge in [-0.25, -0.2) is 37.1 Å². The summed E-state index contributed by atoms with van der Waals surface area (Å²) >= 11 is 1.24. The molecule has 1 aromatic carbocycles. The minimum atomic E-state index is -4.96. The van der Waals surface area contributed by atoms with E-state index < -0.39 is 51.5 Å². The van der Waals surface area contributed by atoms with Crippen LogP contribution in [-0.4, -0.2) is 78.6 Å². The minimum absolute atomic E-state index is 0.0376. The van der Waals surface area contributed by atoms with Crippen LogP contribution >= 0.6 is 11.3 Å². The Balaban J connectivity index is 1.51. The molecule has 2 atom stereocenters. The number of carboxylic acid groups (broad SMARTS) is 2. The molecule has 0 aliphatic carbocycles. The number of nitrogens with zero attached hydrogens (tertiary/aromatic N) is 6. The summed E-state index contributed by atoms with van der Waals surface area (Å²) in [6.45, 7) is -0.426. The molecule has 13 nitrogen and oxygen atoms in total. The van der Waals surface area contributed by atoms with Crippen LogP contribution in [0.2, 0.25) is 0 Å². The third-order valence-corrected chi connectivity index (χ3v) is 9.78. The number of piperidine rings is 1. The van der Waals surface area contributed by atoms with E-state index in [2.05, 4.69) is 25.3 Å². The first kappa shape index (κ1) is 30.9. The number of alkyl halides is 3. The summed E-state index contributed by atoms with van der Waals surface area (Å²) in [5.41, 5.74) is -2.02. The Kier molecular flexibility index (Phi) is 7.85. The molecular weight excluding hydrogens is 651 g/mol. The van der Waals surface area contributed by atoms with Crippen molar-refractivity contribution in [3.8, 4) is 22.0 Å². The molecule has 18 heteroatoms. The first-order chi connectivity index (χ1) is 21.8. The van der Waals surface area contributed by atoms with Gasteiger partial charge in [0.1, 0.15) is 16.3 Å². The molecule has 46 heavy (non-hydrogen) atoms. The number of hydrogen-bond donors (Lipinski definition) is 3. The van der Waals surface area contributed by atoms with Gasteiger partial charge in [0.15, 0.2) is 5.65 Å². The summed E-state index contributed by atoms with van der Waals surface area (Å²) in [4.78, 5) is 40.6. The normalized spacial score (nSPS) is 17.2. The van der Waals surface area contributed by atoms with Gasteiger partial charge in [0.2, 0.25) is 5.95 Å². The third-order valence-electron chi connectivity index (χ3n) is 7.32. The summed E-state index contributed by atoms with van der Waals surface area (Å²) in [6, 6.07) is 9.40. The number of aromatic nitrogens is 5. The van der Waals surface area contributed by atoms with Crippen LogP contribution in [0.4, 0.5) is 23.9 Å². The van der Waals surface area contributed by atoms with Crippen LogP contribution in [0, 0.1) is 5.92 Å². The molecule has 4 aromatic heterocycles. The molecule has 5 aromatic rings. The zero-order chi connectivity index (χ0) is 32.8. The van der Waals surface area contributed by atoms with Crippen LogP contribution in [-0.2, 0) is 21.0 Å². The first-order valence-corrected chi connectivity index (χ1v) is 15.8. The number of halogens is 3. The highest BCUT2D eigenvalue weighted by Gasteiger charge is 2.38. The molecule has 238 valence electrons. The lowest BCUT2D eigenvalue weighted by molar-refractivity contribution is -0.143. The van der Waals surface area contributed by atoms with Gasteiger partial charge < -0.3 is 20.4 Å². The minimum Gasteiger partial charge on any atom is -0.481 e. The van der Waals surface area contributed by atoms with Gasteiger partial charge in [-0.1, -0.05) is 18.2 Å².